The summed E-state index contributed by atoms with van der Waals surface area (Å²) < 4.78 is 0. The van der Waals surface area contributed by atoms with Crippen molar-refractivity contribution in [3.63, 3.8) is 0 Å². The molecule has 86 valence electrons. The highest BCUT2D eigenvalue weighted by atomic mass is 16.4. The smallest absolute Gasteiger partial charge is 0.314 e. The van der Waals surface area contributed by atoms with Gasteiger partial charge in [-0.1, -0.05) is 18.9 Å². The van der Waals surface area contributed by atoms with Gasteiger partial charge in [-0.3, -0.25) is 4.79 Å². The van der Waals surface area contributed by atoms with Crippen LogP contribution in [0.15, 0.2) is 18.2 Å². The summed E-state index contributed by atoms with van der Waals surface area (Å²) in [5, 5.41) is 18.7. The molecule has 0 saturated heterocycles. The Labute approximate surface area is 93.7 Å². The van der Waals surface area contributed by atoms with Gasteiger partial charge in [0.15, 0.2) is 0 Å². The molecule has 4 nitrogen and oxygen atoms in total. The molecule has 0 bridgehead atoms. The number of phenolic OH excluding ortho intramolecular Hbond substituents is 1. The van der Waals surface area contributed by atoms with Crippen molar-refractivity contribution in [3.05, 3.63) is 23.8 Å². The van der Waals surface area contributed by atoms with Gasteiger partial charge < -0.3 is 15.9 Å². The Morgan fingerprint density at radius 3 is 2.44 bits per heavy atom. The maximum absolute atomic E-state index is 11.4. The van der Waals surface area contributed by atoms with Gasteiger partial charge in [-0.15, -0.1) is 0 Å². The molecule has 1 saturated carbocycles. The van der Waals surface area contributed by atoms with Gasteiger partial charge in [-0.05, 0) is 30.5 Å². The fourth-order valence-electron chi connectivity index (χ4n) is 2.46. The van der Waals surface area contributed by atoms with E-state index in [2.05, 4.69) is 0 Å². The Morgan fingerprint density at radius 2 is 1.94 bits per heavy atom. The third-order valence-corrected chi connectivity index (χ3v) is 3.45. The van der Waals surface area contributed by atoms with Gasteiger partial charge in [0, 0.05) is 0 Å². The molecule has 0 aromatic heterocycles. The number of aromatic hydroxyl groups is 1. The quantitative estimate of drug-likeness (QED) is 0.526. The number of carbonyl (C=O) groups is 1. The van der Waals surface area contributed by atoms with Crippen LogP contribution in [0, 0.1) is 0 Å². The van der Waals surface area contributed by atoms with Crippen molar-refractivity contribution in [3.8, 4) is 5.75 Å². The normalized spacial score (nSPS) is 18.5. The van der Waals surface area contributed by atoms with E-state index in [9.17, 15) is 15.0 Å². The minimum atomic E-state index is -0.804. The number of phenols is 1. The summed E-state index contributed by atoms with van der Waals surface area (Å²) in [7, 11) is 0. The van der Waals surface area contributed by atoms with E-state index in [0.717, 1.165) is 12.8 Å². The average Bonchev–Trinajstić information content (AvgIpc) is 2.72. The molecule has 1 aromatic carbocycles. The molecule has 0 heterocycles. The maximum Gasteiger partial charge on any atom is 0.314 e. The second-order valence-corrected chi connectivity index (χ2v) is 4.37. The highest BCUT2D eigenvalue weighted by molar-refractivity contribution is 5.82. The minimum absolute atomic E-state index is 0.00212. The first kappa shape index (κ1) is 10.8. The van der Waals surface area contributed by atoms with E-state index in [1.54, 1.807) is 12.1 Å². The number of anilines is 1. The maximum atomic E-state index is 11.4. The fourth-order valence-corrected chi connectivity index (χ4v) is 2.46. The zero-order chi connectivity index (χ0) is 11.8. The molecule has 4 N–H and O–H groups in total. The first-order chi connectivity index (χ1) is 7.56. The summed E-state index contributed by atoms with van der Waals surface area (Å²) in [5.41, 5.74) is 5.74. The highest BCUT2D eigenvalue weighted by Gasteiger charge is 2.42. The van der Waals surface area contributed by atoms with Crippen molar-refractivity contribution in [2.75, 3.05) is 5.73 Å². The Hall–Kier alpha value is -1.71. The highest BCUT2D eigenvalue weighted by Crippen LogP contribution is 2.42. The zero-order valence-electron chi connectivity index (χ0n) is 8.94. The predicted molar refractivity (Wildman–Crippen MR) is 60.3 cm³/mol. The molecule has 0 atom stereocenters. The van der Waals surface area contributed by atoms with Crippen LogP contribution >= 0.6 is 0 Å². The van der Waals surface area contributed by atoms with E-state index in [-0.39, 0.29) is 11.4 Å². The van der Waals surface area contributed by atoms with E-state index in [4.69, 9.17) is 5.73 Å². The number of rotatable bonds is 2. The number of hydrogen-bond acceptors (Lipinski definition) is 3. The molecule has 0 radical (unpaired) electrons. The fraction of sp³-hybridized carbons (Fsp3) is 0.417. The Kier molecular flexibility index (Phi) is 2.50. The lowest BCUT2D eigenvalue weighted by Crippen LogP contribution is -2.32. The van der Waals surface area contributed by atoms with Gasteiger partial charge in [0.05, 0.1) is 11.1 Å². The number of carboxylic acid groups (broad SMARTS) is 1. The van der Waals surface area contributed by atoms with E-state index in [1.165, 1.54) is 6.07 Å². The van der Waals surface area contributed by atoms with Crippen molar-refractivity contribution >= 4 is 11.7 Å². The number of hydrogen-bond donors (Lipinski definition) is 3. The van der Waals surface area contributed by atoms with Crippen LogP contribution < -0.4 is 5.73 Å². The molecular formula is C12H15NO3. The van der Waals surface area contributed by atoms with Crippen LogP contribution in [0.5, 0.6) is 5.75 Å². The van der Waals surface area contributed by atoms with Crippen molar-refractivity contribution in [2.24, 2.45) is 0 Å². The Morgan fingerprint density at radius 1 is 1.31 bits per heavy atom. The second-order valence-electron chi connectivity index (χ2n) is 4.37. The lowest BCUT2D eigenvalue weighted by molar-refractivity contribution is -0.143. The third-order valence-electron chi connectivity index (χ3n) is 3.45. The van der Waals surface area contributed by atoms with Crippen molar-refractivity contribution in [1.29, 1.82) is 0 Å². The standard InChI is InChI=1S/C12H15NO3/c13-9-7-8(3-4-10(9)14)12(11(15)16)5-1-2-6-12/h3-4,7,14H,1-2,5-6,13H2,(H,15,16). The number of carboxylic acids is 1. The largest absolute Gasteiger partial charge is 0.506 e. The summed E-state index contributed by atoms with van der Waals surface area (Å²) in [5.74, 6) is -0.794. The second kappa shape index (κ2) is 3.70. The molecule has 4 heteroatoms. The summed E-state index contributed by atoms with van der Waals surface area (Å²) in [6, 6.07) is 4.70. The van der Waals surface area contributed by atoms with Gasteiger partial charge >= 0.3 is 5.97 Å². The molecule has 0 unspecified atom stereocenters. The summed E-state index contributed by atoms with van der Waals surface area (Å²) >= 11 is 0. The Bertz CT molecular complexity index is 422. The molecule has 0 amide bonds. The lowest BCUT2D eigenvalue weighted by Gasteiger charge is -2.24. The number of nitrogens with two attached hydrogens (primary N) is 1. The molecule has 1 fully saturated rings. The molecule has 2 rings (SSSR count). The molecule has 1 aliphatic rings. The van der Waals surface area contributed by atoms with Gasteiger partial charge in [0.25, 0.3) is 0 Å². The third kappa shape index (κ3) is 1.50. The van der Waals surface area contributed by atoms with Crippen LogP contribution in [-0.4, -0.2) is 16.2 Å². The van der Waals surface area contributed by atoms with Crippen LogP contribution in [0.3, 0.4) is 0 Å². The van der Waals surface area contributed by atoms with E-state index in [1.807, 2.05) is 0 Å². The van der Waals surface area contributed by atoms with Crippen LogP contribution in [0.2, 0.25) is 0 Å². The Balaban J connectivity index is 2.47. The van der Waals surface area contributed by atoms with Gasteiger partial charge in [-0.2, -0.15) is 0 Å². The molecule has 1 aromatic rings. The summed E-state index contributed by atoms with van der Waals surface area (Å²) in [4.78, 5) is 11.4. The number of nitrogen functional groups attached to an aromatic ring is 1. The molecule has 0 aliphatic heterocycles. The van der Waals surface area contributed by atoms with Crippen LogP contribution in [-0.2, 0) is 10.2 Å². The van der Waals surface area contributed by atoms with Gasteiger partial charge in [0.2, 0.25) is 0 Å². The lowest BCUT2D eigenvalue weighted by atomic mass is 9.79. The average molecular weight is 221 g/mol. The minimum Gasteiger partial charge on any atom is -0.506 e. The number of benzene rings is 1. The number of aliphatic carboxylic acids is 1. The van der Waals surface area contributed by atoms with Crippen molar-refractivity contribution < 1.29 is 15.0 Å². The SMILES string of the molecule is Nc1cc(C2(C(=O)O)CCCC2)ccc1O. The molecule has 1 aliphatic carbocycles. The zero-order valence-corrected chi connectivity index (χ0v) is 8.94. The van der Waals surface area contributed by atoms with E-state index >= 15 is 0 Å². The van der Waals surface area contributed by atoms with Gasteiger partial charge in [-0.25, -0.2) is 0 Å². The first-order valence-corrected chi connectivity index (χ1v) is 5.39. The van der Waals surface area contributed by atoms with Gasteiger partial charge in [0.1, 0.15) is 5.75 Å². The topological polar surface area (TPSA) is 83.6 Å². The van der Waals surface area contributed by atoms with E-state index < -0.39 is 11.4 Å². The van der Waals surface area contributed by atoms with Crippen LogP contribution in [0.1, 0.15) is 31.2 Å². The monoisotopic (exact) mass is 221 g/mol. The van der Waals surface area contributed by atoms with Crippen LogP contribution in [0.4, 0.5) is 5.69 Å². The van der Waals surface area contributed by atoms with E-state index in [0.29, 0.717) is 18.4 Å². The summed E-state index contributed by atoms with van der Waals surface area (Å²) in [6.45, 7) is 0. The van der Waals surface area contributed by atoms with Crippen molar-refractivity contribution in [2.45, 2.75) is 31.1 Å². The molecule has 0 spiro atoms. The predicted octanol–water partition coefficient (Wildman–Crippen LogP) is 1.87. The molecular weight excluding hydrogens is 206 g/mol. The first-order valence-electron chi connectivity index (χ1n) is 5.39. The summed E-state index contributed by atoms with van der Waals surface area (Å²) in [6.07, 6.45) is 3.14. The molecule has 16 heavy (non-hydrogen) atoms. The van der Waals surface area contributed by atoms with Crippen molar-refractivity contribution in [1.82, 2.24) is 0 Å². The van der Waals surface area contributed by atoms with Crippen LogP contribution in [0.25, 0.3) is 0 Å².